The van der Waals surface area contributed by atoms with Crippen molar-refractivity contribution in [2.45, 2.75) is 5.41 Å². The van der Waals surface area contributed by atoms with Gasteiger partial charge < -0.3 is 9.32 Å². The van der Waals surface area contributed by atoms with Crippen LogP contribution >= 0.6 is 0 Å². The number of anilines is 3. The summed E-state index contributed by atoms with van der Waals surface area (Å²) in [4.78, 5) is 2.46. The van der Waals surface area contributed by atoms with E-state index in [4.69, 9.17) is 4.42 Å². The van der Waals surface area contributed by atoms with E-state index in [2.05, 4.69) is 205 Å². The second-order valence-electron chi connectivity index (χ2n) is 15.2. The van der Waals surface area contributed by atoms with Gasteiger partial charge in [0.25, 0.3) is 0 Å². The van der Waals surface area contributed by atoms with Crippen molar-refractivity contribution in [1.82, 2.24) is 0 Å². The zero-order chi connectivity index (χ0) is 37.5. The van der Waals surface area contributed by atoms with E-state index in [1.54, 1.807) is 0 Å². The summed E-state index contributed by atoms with van der Waals surface area (Å²) in [5, 5.41) is 2.28. The third-order valence-electron chi connectivity index (χ3n) is 12.3. The van der Waals surface area contributed by atoms with Gasteiger partial charge in [-0.1, -0.05) is 170 Å². The van der Waals surface area contributed by atoms with E-state index in [0.29, 0.717) is 0 Å². The zero-order valence-corrected chi connectivity index (χ0v) is 31.1. The zero-order valence-electron chi connectivity index (χ0n) is 31.1. The second kappa shape index (κ2) is 12.3. The third kappa shape index (κ3) is 4.53. The minimum Gasteiger partial charge on any atom is -0.456 e. The van der Waals surface area contributed by atoms with Gasteiger partial charge in [-0.05, 0) is 104 Å². The van der Waals surface area contributed by atoms with Crippen molar-refractivity contribution >= 4 is 39.0 Å². The van der Waals surface area contributed by atoms with Crippen molar-refractivity contribution in [3.05, 3.63) is 235 Å². The second-order valence-corrected chi connectivity index (χ2v) is 15.2. The molecule has 2 nitrogen and oxygen atoms in total. The van der Waals surface area contributed by atoms with Crippen molar-refractivity contribution < 1.29 is 4.42 Å². The predicted octanol–water partition coefficient (Wildman–Crippen LogP) is 14.7. The lowest BCUT2D eigenvalue weighted by atomic mass is 9.70. The van der Waals surface area contributed by atoms with Crippen molar-refractivity contribution in [2.75, 3.05) is 4.90 Å². The van der Waals surface area contributed by atoms with E-state index in [1.807, 2.05) is 12.1 Å². The minimum absolute atomic E-state index is 0.428. The highest BCUT2D eigenvalue weighted by Gasteiger charge is 2.52. The molecular formula is C55H35NO. The Hall–Kier alpha value is -7.42. The van der Waals surface area contributed by atoms with Crippen LogP contribution in [0.2, 0.25) is 0 Å². The molecule has 0 aliphatic heterocycles. The maximum atomic E-state index is 6.29. The van der Waals surface area contributed by atoms with Gasteiger partial charge >= 0.3 is 0 Å². The number of furan rings is 1. The summed E-state index contributed by atoms with van der Waals surface area (Å²) in [5.41, 5.74) is 19.9. The van der Waals surface area contributed by atoms with Gasteiger partial charge in [0.15, 0.2) is 0 Å². The average molecular weight is 726 g/mol. The lowest BCUT2D eigenvalue weighted by molar-refractivity contribution is 0.669. The summed E-state index contributed by atoms with van der Waals surface area (Å²) in [6, 6.07) is 77.5. The summed E-state index contributed by atoms with van der Waals surface area (Å²) >= 11 is 0. The van der Waals surface area contributed by atoms with Crippen LogP contribution < -0.4 is 4.90 Å². The molecule has 0 unspecified atom stereocenters. The molecular weight excluding hydrogens is 691 g/mol. The van der Waals surface area contributed by atoms with E-state index in [1.165, 1.54) is 55.6 Å². The van der Waals surface area contributed by atoms with Gasteiger partial charge in [-0.25, -0.2) is 0 Å². The van der Waals surface area contributed by atoms with Gasteiger partial charge in [0, 0.05) is 27.7 Å². The predicted molar refractivity (Wildman–Crippen MR) is 236 cm³/mol. The lowest BCUT2D eigenvalue weighted by Gasteiger charge is -2.32. The maximum Gasteiger partial charge on any atom is 0.136 e. The molecule has 2 aliphatic carbocycles. The summed E-state index contributed by atoms with van der Waals surface area (Å²) in [6.45, 7) is 0. The fourth-order valence-corrected chi connectivity index (χ4v) is 10.00. The molecule has 2 heteroatoms. The average Bonchev–Trinajstić information content (AvgIpc) is 3.92. The fraction of sp³-hybridized carbons (Fsp3) is 0.0182. The van der Waals surface area contributed by atoms with E-state index >= 15 is 0 Å². The van der Waals surface area contributed by atoms with Crippen LogP contribution in [-0.4, -0.2) is 0 Å². The van der Waals surface area contributed by atoms with Crippen LogP contribution in [0.25, 0.3) is 66.4 Å². The summed E-state index contributed by atoms with van der Waals surface area (Å²) in [6.07, 6.45) is 0. The first-order valence-electron chi connectivity index (χ1n) is 19.7. The largest absolute Gasteiger partial charge is 0.456 e. The van der Waals surface area contributed by atoms with Crippen LogP contribution in [0.3, 0.4) is 0 Å². The van der Waals surface area contributed by atoms with Gasteiger partial charge in [-0.2, -0.15) is 0 Å². The Morgan fingerprint density at radius 2 is 0.912 bits per heavy atom. The highest BCUT2D eigenvalue weighted by molar-refractivity contribution is 6.12. The number of para-hydroxylation sites is 1. The lowest BCUT2D eigenvalue weighted by Crippen LogP contribution is -2.26. The molecule has 1 aromatic heterocycles. The van der Waals surface area contributed by atoms with Gasteiger partial charge in [-0.15, -0.1) is 0 Å². The molecule has 0 saturated carbocycles. The Bertz CT molecular complexity index is 3140. The first kappa shape index (κ1) is 31.9. The molecule has 0 amide bonds. The van der Waals surface area contributed by atoms with Crippen molar-refractivity contribution in [3.63, 3.8) is 0 Å². The van der Waals surface area contributed by atoms with Gasteiger partial charge in [-0.3, -0.25) is 0 Å². The van der Waals surface area contributed by atoms with Crippen LogP contribution in [0, 0.1) is 0 Å². The first-order chi connectivity index (χ1) is 28.3. The highest BCUT2D eigenvalue weighted by atomic mass is 16.3. The minimum atomic E-state index is -0.428. The van der Waals surface area contributed by atoms with Gasteiger partial charge in [0.05, 0.1) is 11.1 Å². The molecule has 0 radical (unpaired) electrons. The number of nitrogens with zero attached hydrogens (tertiary/aromatic N) is 1. The van der Waals surface area contributed by atoms with Crippen molar-refractivity contribution in [3.8, 4) is 44.5 Å². The van der Waals surface area contributed by atoms with E-state index in [9.17, 15) is 0 Å². The molecule has 2 aliphatic rings. The van der Waals surface area contributed by atoms with Crippen molar-refractivity contribution in [2.24, 2.45) is 0 Å². The Kier molecular flexibility index (Phi) is 6.88. The summed E-state index contributed by atoms with van der Waals surface area (Å²) < 4.78 is 6.29. The van der Waals surface area contributed by atoms with E-state index in [0.717, 1.165) is 50.1 Å². The summed E-state index contributed by atoms with van der Waals surface area (Å²) in [7, 11) is 0. The molecule has 12 rings (SSSR count). The normalized spacial score (nSPS) is 13.1. The molecule has 0 N–H and O–H groups in total. The Labute approximate surface area is 331 Å². The van der Waals surface area contributed by atoms with Crippen LogP contribution in [-0.2, 0) is 5.41 Å². The SMILES string of the molecule is c1ccc(-c2cccc(N(c3ccc(-c4cccc5oc6ccccc6c45)cc3)c3cccc4c3-c3ccccc3C43c4ccccc4-c4ccccc43)c2)cc1. The number of benzene rings is 9. The highest BCUT2D eigenvalue weighted by Crippen LogP contribution is 2.64. The number of hydrogen-bond acceptors (Lipinski definition) is 2. The molecule has 1 spiro atoms. The quantitative estimate of drug-likeness (QED) is 0.176. The molecule has 0 atom stereocenters. The smallest absolute Gasteiger partial charge is 0.136 e. The number of fused-ring (bicyclic) bond motifs is 13. The van der Waals surface area contributed by atoms with Crippen LogP contribution in [0.1, 0.15) is 22.3 Å². The Morgan fingerprint density at radius 3 is 1.68 bits per heavy atom. The monoisotopic (exact) mass is 725 g/mol. The van der Waals surface area contributed by atoms with E-state index < -0.39 is 5.41 Å². The molecule has 0 saturated heterocycles. The Balaban J connectivity index is 1.10. The van der Waals surface area contributed by atoms with E-state index in [-0.39, 0.29) is 0 Å². The standard InChI is InChI=1S/C55H35NO/c1-2-15-36(16-3-1)38-17-12-18-40(35-38)56(39-33-31-37(32-34-39)41-23-13-30-52-53(41)45-22-7-11-29-51(45)57-52)50-28-14-27-49-54(50)44-21-6-10-26-48(44)55(49)46-24-8-4-19-42(46)43-20-5-9-25-47(43)55/h1-35H. The topological polar surface area (TPSA) is 16.4 Å². The molecule has 9 aromatic carbocycles. The molecule has 1 heterocycles. The van der Waals surface area contributed by atoms with Crippen LogP contribution in [0.15, 0.2) is 217 Å². The summed E-state index contributed by atoms with van der Waals surface area (Å²) in [5.74, 6) is 0. The third-order valence-corrected chi connectivity index (χ3v) is 12.3. The fourth-order valence-electron chi connectivity index (χ4n) is 10.00. The molecule has 266 valence electrons. The first-order valence-corrected chi connectivity index (χ1v) is 19.7. The van der Waals surface area contributed by atoms with Crippen LogP contribution in [0.5, 0.6) is 0 Å². The van der Waals surface area contributed by atoms with Crippen LogP contribution in [0.4, 0.5) is 17.1 Å². The maximum absolute atomic E-state index is 6.29. The molecule has 57 heavy (non-hydrogen) atoms. The Morgan fingerprint density at radius 1 is 0.351 bits per heavy atom. The molecule has 0 bridgehead atoms. The van der Waals surface area contributed by atoms with Gasteiger partial charge in [0.2, 0.25) is 0 Å². The number of rotatable bonds is 5. The molecule has 0 fully saturated rings. The molecule has 10 aromatic rings. The number of hydrogen-bond donors (Lipinski definition) is 0. The van der Waals surface area contributed by atoms with Gasteiger partial charge in [0.1, 0.15) is 11.2 Å². The van der Waals surface area contributed by atoms with Crippen molar-refractivity contribution in [1.29, 1.82) is 0 Å².